The van der Waals surface area contributed by atoms with E-state index in [4.69, 9.17) is 14.2 Å². The van der Waals surface area contributed by atoms with Gasteiger partial charge in [0, 0.05) is 6.61 Å². The Hall–Kier alpha value is -3.11. The average Bonchev–Trinajstić information content (AvgIpc) is 3.06. The molecule has 0 N–H and O–H groups in total. The van der Waals surface area contributed by atoms with Crippen molar-refractivity contribution >= 4 is 5.97 Å². The fourth-order valence-corrected chi connectivity index (χ4v) is 5.39. The van der Waals surface area contributed by atoms with Crippen molar-refractivity contribution in [2.24, 2.45) is 0 Å². The zero-order chi connectivity index (χ0) is 31.2. The van der Waals surface area contributed by atoms with Gasteiger partial charge in [-0.1, -0.05) is 134 Å². The van der Waals surface area contributed by atoms with Crippen LogP contribution in [-0.2, 0) is 4.74 Å². The van der Waals surface area contributed by atoms with Gasteiger partial charge in [0.25, 0.3) is 0 Å². The summed E-state index contributed by atoms with van der Waals surface area (Å²) in [6.45, 7) is 7.95. The summed E-state index contributed by atoms with van der Waals surface area (Å²) in [6, 6.07) is 23.2. The van der Waals surface area contributed by atoms with Crippen LogP contribution in [0.1, 0.15) is 139 Å². The molecule has 3 aromatic carbocycles. The van der Waals surface area contributed by atoms with Gasteiger partial charge in [0.05, 0.1) is 18.3 Å². The van der Waals surface area contributed by atoms with E-state index in [0.717, 1.165) is 36.3 Å². The van der Waals surface area contributed by atoms with Gasteiger partial charge >= 0.3 is 5.97 Å². The van der Waals surface area contributed by atoms with Gasteiger partial charge in [-0.3, -0.25) is 0 Å². The van der Waals surface area contributed by atoms with E-state index in [0.29, 0.717) is 17.9 Å². The first-order valence-corrected chi connectivity index (χ1v) is 17.4. The number of rotatable bonds is 23. The lowest BCUT2D eigenvalue weighted by atomic mass is 10.0. The van der Waals surface area contributed by atoms with Crippen LogP contribution in [0.15, 0.2) is 72.8 Å². The molecule has 1 unspecified atom stereocenters. The Kier molecular flexibility index (Phi) is 17.3. The van der Waals surface area contributed by atoms with Crippen LogP contribution >= 0.6 is 0 Å². The minimum atomic E-state index is -0.382. The molecule has 0 aliphatic carbocycles. The van der Waals surface area contributed by atoms with E-state index in [2.05, 4.69) is 45.0 Å². The number of hydrogen-bond acceptors (Lipinski definition) is 4. The molecule has 0 saturated carbocycles. The summed E-state index contributed by atoms with van der Waals surface area (Å²) in [5.41, 5.74) is 3.88. The average molecular weight is 601 g/mol. The van der Waals surface area contributed by atoms with Gasteiger partial charge in [-0.05, 0) is 72.9 Å². The summed E-state index contributed by atoms with van der Waals surface area (Å²) in [5, 5.41) is 0. The second kappa shape index (κ2) is 21.6. The normalized spacial score (nSPS) is 11.8. The molecule has 4 nitrogen and oxygen atoms in total. The lowest BCUT2D eigenvalue weighted by Gasteiger charge is -2.14. The molecule has 3 rings (SSSR count). The summed E-state index contributed by atoms with van der Waals surface area (Å²) in [4.78, 5) is 12.5. The Bertz CT molecular complexity index is 1150. The molecule has 0 aliphatic rings. The van der Waals surface area contributed by atoms with E-state index in [1.54, 1.807) is 24.3 Å². The van der Waals surface area contributed by atoms with E-state index < -0.39 is 0 Å². The van der Waals surface area contributed by atoms with Crippen molar-refractivity contribution in [1.82, 2.24) is 0 Å². The first-order chi connectivity index (χ1) is 21.6. The highest BCUT2D eigenvalue weighted by Crippen LogP contribution is 2.26. The molecule has 44 heavy (non-hydrogen) atoms. The second-order valence-corrected chi connectivity index (χ2v) is 12.0. The van der Waals surface area contributed by atoms with Gasteiger partial charge < -0.3 is 14.2 Å². The maximum Gasteiger partial charge on any atom is 0.343 e. The Morgan fingerprint density at radius 1 is 0.545 bits per heavy atom. The van der Waals surface area contributed by atoms with Crippen molar-refractivity contribution in [3.05, 3.63) is 83.9 Å². The molecule has 1 atom stereocenters. The molecule has 0 radical (unpaired) electrons. The van der Waals surface area contributed by atoms with Gasteiger partial charge in [-0.15, -0.1) is 0 Å². The van der Waals surface area contributed by atoms with E-state index in [1.165, 1.54) is 89.0 Å². The first kappa shape index (κ1) is 35.4. The zero-order valence-corrected chi connectivity index (χ0v) is 27.7. The molecule has 4 heteroatoms. The molecule has 0 aromatic heterocycles. The highest BCUT2D eigenvalue weighted by molar-refractivity contribution is 5.91. The van der Waals surface area contributed by atoms with Gasteiger partial charge in [0.15, 0.2) is 0 Å². The highest BCUT2D eigenvalue weighted by atomic mass is 16.5. The molecule has 240 valence electrons. The predicted octanol–water partition coefficient (Wildman–Crippen LogP) is 11.9. The molecule has 3 aromatic rings. The van der Waals surface area contributed by atoms with Crippen LogP contribution < -0.4 is 9.47 Å². The van der Waals surface area contributed by atoms with Crippen molar-refractivity contribution in [3.63, 3.8) is 0 Å². The van der Waals surface area contributed by atoms with Gasteiger partial charge in [0.2, 0.25) is 0 Å². The van der Waals surface area contributed by atoms with Crippen molar-refractivity contribution in [2.45, 2.75) is 123 Å². The zero-order valence-electron chi connectivity index (χ0n) is 27.7. The van der Waals surface area contributed by atoms with Crippen LogP contribution in [0, 0.1) is 0 Å². The third-order valence-electron chi connectivity index (χ3n) is 8.21. The third-order valence-corrected chi connectivity index (χ3v) is 8.21. The van der Waals surface area contributed by atoms with E-state index in [1.807, 2.05) is 24.3 Å². The van der Waals surface area contributed by atoms with Crippen LogP contribution in [0.4, 0.5) is 0 Å². The third kappa shape index (κ3) is 13.7. The lowest BCUT2D eigenvalue weighted by molar-refractivity contribution is 0.0627. The molecular formula is C40H56O4. The maximum atomic E-state index is 12.5. The summed E-state index contributed by atoms with van der Waals surface area (Å²) in [5.74, 6) is 0.893. The summed E-state index contributed by atoms with van der Waals surface area (Å²) >= 11 is 0. The number of unbranched alkanes of at least 4 members (excludes halogenated alkanes) is 13. The summed E-state index contributed by atoms with van der Waals surface area (Å²) < 4.78 is 17.3. The number of ether oxygens (including phenoxy) is 3. The Morgan fingerprint density at radius 3 is 1.55 bits per heavy atom. The SMILES string of the molecule is CCCCCCCCCCCCCCCCOC(C)c1ccc(-c2ccc(OC(=O)c3ccc(OCCC)cc3)cc2)cc1. The largest absolute Gasteiger partial charge is 0.494 e. The number of esters is 1. The van der Waals surface area contributed by atoms with E-state index in [-0.39, 0.29) is 12.1 Å². The van der Waals surface area contributed by atoms with Crippen LogP contribution in [0.2, 0.25) is 0 Å². The van der Waals surface area contributed by atoms with Crippen LogP contribution in [0.3, 0.4) is 0 Å². The van der Waals surface area contributed by atoms with Crippen LogP contribution in [0.5, 0.6) is 11.5 Å². The molecule has 0 amide bonds. The first-order valence-electron chi connectivity index (χ1n) is 17.4. The molecule has 0 spiro atoms. The van der Waals surface area contributed by atoms with E-state index >= 15 is 0 Å². The molecular weight excluding hydrogens is 544 g/mol. The predicted molar refractivity (Wildman–Crippen MR) is 184 cm³/mol. The maximum absolute atomic E-state index is 12.5. The summed E-state index contributed by atoms with van der Waals surface area (Å²) in [6.07, 6.45) is 20.2. The number of benzene rings is 3. The Morgan fingerprint density at radius 2 is 1.02 bits per heavy atom. The molecule has 0 bridgehead atoms. The minimum absolute atomic E-state index is 0.0834. The topological polar surface area (TPSA) is 44.8 Å². The van der Waals surface area contributed by atoms with Crippen LogP contribution in [-0.4, -0.2) is 19.2 Å². The van der Waals surface area contributed by atoms with Gasteiger partial charge in [0.1, 0.15) is 11.5 Å². The highest BCUT2D eigenvalue weighted by Gasteiger charge is 2.10. The Balaban J connectivity index is 1.28. The minimum Gasteiger partial charge on any atom is -0.494 e. The Labute approximate surface area is 267 Å². The van der Waals surface area contributed by atoms with Crippen molar-refractivity contribution < 1.29 is 19.0 Å². The van der Waals surface area contributed by atoms with Gasteiger partial charge in [-0.25, -0.2) is 4.79 Å². The molecule has 0 saturated heterocycles. The van der Waals surface area contributed by atoms with E-state index in [9.17, 15) is 4.79 Å². The summed E-state index contributed by atoms with van der Waals surface area (Å²) in [7, 11) is 0. The number of hydrogen-bond donors (Lipinski definition) is 0. The van der Waals surface area contributed by atoms with Crippen LogP contribution in [0.25, 0.3) is 11.1 Å². The second-order valence-electron chi connectivity index (χ2n) is 12.0. The molecule has 0 fully saturated rings. The van der Waals surface area contributed by atoms with Crippen molar-refractivity contribution in [2.75, 3.05) is 13.2 Å². The quantitative estimate of drug-likeness (QED) is 0.0617. The fraction of sp³-hybridized carbons (Fsp3) is 0.525. The molecule has 0 aliphatic heterocycles. The van der Waals surface area contributed by atoms with Crippen molar-refractivity contribution in [1.29, 1.82) is 0 Å². The number of carbonyl (C=O) groups is 1. The number of carbonyl (C=O) groups excluding carboxylic acids is 1. The fourth-order valence-electron chi connectivity index (χ4n) is 5.39. The monoisotopic (exact) mass is 600 g/mol. The smallest absolute Gasteiger partial charge is 0.343 e. The van der Waals surface area contributed by atoms with Crippen molar-refractivity contribution in [3.8, 4) is 22.6 Å². The van der Waals surface area contributed by atoms with Gasteiger partial charge in [-0.2, -0.15) is 0 Å². The molecule has 0 heterocycles. The standard InChI is InChI=1S/C40H56O4/c1-4-6-7-8-9-10-11-12-13-14-15-16-17-18-32-42-33(3)34-19-21-35(22-20-34)36-23-29-39(30-24-36)44-40(41)37-25-27-38(28-26-37)43-31-5-2/h19-30,33H,4-18,31-32H2,1-3H3. The lowest BCUT2D eigenvalue weighted by Crippen LogP contribution is -2.08.